The molecule has 0 unspecified atom stereocenters. The van der Waals surface area contributed by atoms with Crippen molar-refractivity contribution in [1.82, 2.24) is 40.2 Å². The molecule has 4 aromatic heterocycles. The zero-order valence-electron chi connectivity index (χ0n) is 40.6. The van der Waals surface area contributed by atoms with Crippen molar-refractivity contribution in [1.29, 1.82) is 0 Å². The molecule has 0 N–H and O–H groups in total. The Balaban J connectivity index is 0.000000156. The molecule has 0 bridgehead atoms. The first kappa shape index (κ1) is 57.7. The molecular formula is C58H38F8Ir2N10-8. The topological polar surface area (TPSA) is 92.7 Å². The number of alkyl halides is 6. The molecule has 6 aromatic carbocycles. The molecular weight excluding hydrogens is 1370 g/mol. The van der Waals surface area contributed by atoms with Gasteiger partial charge in [0.1, 0.15) is 11.4 Å². The minimum Gasteiger partial charge on any atom is -0.573 e. The maximum atomic E-state index is 12.8. The van der Waals surface area contributed by atoms with E-state index in [-0.39, 0.29) is 63.2 Å². The van der Waals surface area contributed by atoms with Crippen LogP contribution in [0.4, 0.5) is 46.5 Å². The number of anilines is 2. The van der Waals surface area contributed by atoms with Crippen molar-refractivity contribution >= 4 is 32.9 Å². The fourth-order valence-corrected chi connectivity index (χ4v) is 7.57. The first-order valence-corrected chi connectivity index (χ1v) is 22.9. The van der Waals surface area contributed by atoms with Gasteiger partial charge in [0, 0.05) is 74.0 Å². The predicted molar refractivity (Wildman–Crippen MR) is 273 cm³/mol. The Bertz CT molecular complexity index is 3370. The van der Waals surface area contributed by atoms with Crippen LogP contribution in [0.1, 0.15) is 11.4 Å². The minimum absolute atomic E-state index is 0. The SMILES string of the molecule is CN1C=CN(c2[c-]cc(F)cc2)[CH-]1.CN1C=CN(c2[c-]cc(F)cc2)[CH-]1.FC(F)(F)c1cc(-c2nc(-c3[c-]cccc3)cc3ccccc23)[n-]n1.FC(F)(F)c1cc(-c2nc(-c3[c-]cccc3)cc3ccccc23)[n-]n1.[Ir].[Ir]. The summed E-state index contributed by atoms with van der Waals surface area (Å²) in [5.41, 5.74) is 3.30. The van der Waals surface area contributed by atoms with Crippen LogP contribution in [0.2, 0.25) is 0 Å². The zero-order chi connectivity index (χ0) is 53.4. The Labute approximate surface area is 470 Å². The number of pyridine rings is 2. The molecule has 20 heteroatoms. The van der Waals surface area contributed by atoms with Crippen LogP contribution in [0.15, 0.2) is 183 Å². The summed E-state index contributed by atoms with van der Waals surface area (Å²) in [7, 11) is 3.86. The van der Waals surface area contributed by atoms with Gasteiger partial charge in [-0.3, -0.25) is 18.7 Å². The van der Waals surface area contributed by atoms with Crippen LogP contribution in [0.5, 0.6) is 0 Å². The van der Waals surface area contributed by atoms with Crippen molar-refractivity contribution in [3.8, 4) is 45.3 Å². The molecule has 12 rings (SSSR count). The third-order valence-electron chi connectivity index (χ3n) is 11.2. The van der Waals surface area contributed by atoms with Gasteiger partial charge in [-0.2, -0.15) is 51.8 Å². The molecule has 0 fully saturated rings. The summed E-state index contributed by atoms with van der Waals surface area (Å²) in [6.07, 6.45) is -1.46. The fraction of sp³-hybridized carbons (Fsp3) is 0.0690. The number of hydrogen-bond acceptors (Lipinski definition) is 8. The molecule has 0 atom stereocenters. The van der Waals surface area contributed by atoms with Crippen LogP contribution < -0.4 is 20.0 Å². The molecule has 2 aliphatic rings. The molecule has 78 heavy (non-hydrogen) atoms. The van der Waals surface area contributed by atoms with Gasteiger partial charge in [-0.15, -0.1) is 120 Å². The van der Waals surface area contributed by atoms with Crippen molar-refractivity contribution in [2.75, 3.05) is 23.9 Å². The van der Waals surface area contributed by atoms with E-state index in [1.54, 1.807) is 36.4 Å². The third kappa shape index (κ3) is 14.3. The zero-order valence-corrected chi connectivity index (χ0v) is 45.4. The molecule has 0 aliphatic carbocycles. The molecule has 402 valence electrons. The minimum atomic E-state index is -4.54. The maximum Gasteiger partial charge on any atom is 0.431 e. The van der Waals surface area contributed by atoms with Crippen molar-refractivity contribution in [3.05, 3.63) is 243 Å². The normalized spacial score (nSPS) is 12.7. The van der Waals surface area contributed by atoms with Crippen LogP contribution in [-0.4, -0.2) is 44.1 Å². The van der Waals surface area contributed by atoms with Crippen LogP contribution in [0, 0.1) is 49.2 Å². The van der Waals surface area contributed by atoms with Crippen molar-refractivity contribution < 1.29 is 75.3 Å². The predicted octanol–water partition coefficient (Wildman–Crippen LogP) is 13.4. The number of hydrogen-bond donors (Lipinski definition) is 0. The van der Waals surface area contributed by atoms with Gasteiger partial charge in [0.25, 0.3) is 0 Å². The van der Waals surface area contributed by atoms with Crippen molar-refractivity contribution in [2.45, 2.75) is 12.4 Å². The van der Waals surface area contributed by atoms with Gasteiger partial charge in [-0.1, -0.05) is 72.1 Å². The van der Waals surface area contributed by atoms with E-state index in [1.165, 1.54) is 24.3 Å². The monoisotopic (exact) mass is 1410 g/mol. The number of nitrogens with zero attached hydrogens (tertiary/aromatic N) is 10. The van der Waals surface area contributed by atoms with Crippen LogP contribution >= 0.6 is 0 Å². The Kier molecular flexibility index (Phi) is 18.8. The van der Waals surface area contributed by atoms with Crippen LogP contribution in [-0.2, 0) is 52.6 Å². The quantitative estimate of drug-likeness (QED) is 0.118. The summed E-state index contributed by atoms with van der Waals surface area (Å²) in [4.78, 5) is 16.6. The summed E-state index contributed by atoms with van der Waals surface area (Å²) >= 11 is 0. The smallest absolute Gasteiger partial charge is 0.431 e. The molecule has 0 amide bonds. The summed E-state index contributed by atoms with van der Waals surface area (Å²) < 4.78 is 102. The molecule has 2 radical (unpaired) electrons. The fourth-order valence-electron chi connectivity index (χ4n) is 7.57. The van der Waals surface area contributed by atoms with E-state index in [4.69, 9.17) is 0 Å². The number of fused-ring (bicyclic) bond motifs is 2. The number of rotatable bonds is 6. The standard InChI is InChI=1S/2C19H10F3N3.2C10H9FN2.2Ir/c2*20-19(21,22)17-11-16(24-25-17)18-14-9-5-4-8-13(14)10-15(23-18)12-6-2-1-3-7-12;2*1-12-6-7-13(8-12)10-4-2-9(11)3-5-10;;/h2*1-6,8-11H;2*2-4,6-8H,1H3;;/q4*-2;;. The van der Waals surface area contributed by atoms with Crippen molar-refractivity contribution in [3.63, 3.8) is 0 Å². The average molecular weight is 1410 g/mol. The van der Waals surface area contributed by atoms with Crippen molar-refractivity contribution in [2.24, 2.45) is 0 Å². The van der Waals surface area contributed by atoms with E-state index in [1.807, 2.05) is 157 Å². The van der Waals surface area contributed by atoms with Gasteiger partial charge in [0.2, 0.25) is 0 Å². The van der Waals surface area contributed by atoms with Gasteiger partial charge in [0.05, 0.1) is 0 Å². The molecule has 0 saturated carbocycles. The van der Waals surface area contributed by atoms with E-state index in [0.717, 1.165) is 56.2 Å². The van der Waals surface area contributed by atoms with E-state index in [0.29, 0.717) is 22.8 Å². The average Bonchev–Trinajstić information content (AvgIpc) is 4.29. The summed E-state index contributed by atoms with van der Waals surface area (Å²) in [5, 5.41) is 17.0. The summed E-state index contributed by atoms with van der Waals surface area (Å²) in [6.45, 7) is 3.79. The first-order valence-electron chi connectivity index (χ1n) is 22.9. The van der Waals surface area contributed by atoms with E-state index >= 15 is 0 Å². The molecule has 10 nitrogen and oxygen atoms in total. The second-order valence-corrected chi connectivity index (χ2v) is 16.7. The third-order valence-corrected chi connectivity index (χ3v) is 11.2. The number of halogens is 8. The van der Waals surface area contributed by atoms with Gasteiger partial charge < -0.3 is 40.0 Å². The summed E-state index contributed by atoms with van der Waals surface area (Å²) in [5.74, 6) is -0.527. The van der Waals surface area contributed by atoms with Gasteiger partial charge in [-0.05, 0) is 73.2 Å². The maximum absolute atomic E-state index is 12.8. The molecule has 2 aliphatic heterocycles. The van der Waals surface area contributed by atoms with Gasteiger partial charge in [0.15, 0.2) is 0 Å². The van der Waals surface area contributed by atoms with E-state index in [2.05, 4.69) is 54.6 Å². The van der Waals surface area contributed by atoms with Crippen LogP contribution in [0.3, 0.4) is 0 Å². The second-order valence-electron chi connectivity index (χ2n) is 16.7. The molecule has 0 saturated heterocycles. The molecule has 0 spiro atoms. The Morgan fingerprint density at radius 3 is 1.19 bits per heavy atom. The van der Waals surface area contributed by atoms with Gasteiger partial charge in [-0.25, -0.2) is 0 Å². The van der Waals surface area contributed by atoms with E-state index < -0.39 is 23.7 Å². The molecule has 10 aromatic rings. The largest absolute Gasteiger partial charge is 0.573 e. The summed E-state index contributed by atoms with van der Waals surface area (Å²) in [6, 6.07) is 55.6. The first-order chi connectivity index (χ1) is 36.6. The second kappa shape index (κ2) is 25.4. The Hall–Kier alpha value is -8.02. The number of benzene rings is 6. The van der Waals surface area contributed by atoms with Gasteiger partial charge >= 0.3 is 12.4 Å². The Morgan fingerprint density at radius 2 is 0.872 bits per heavy atom. The van der Waals surface area contributed by atoms with Crippen LogP contribution in [0.25, 0.3) is 66.8 Å². The molecule has 6 heterocycles. The Morgan fingerprint density at radius 1 is 0.474 bits per heavy atom. The number of aromatic nitrogens is 6. The van der Waals surface area contributed by atoms with E-state index in [9.17, 15) is 35.1 Å².